The summed E-state index contributed by atoms with van der Waals surface area (Å²) in [7, 11) is 0. The molecule has 156 valence electrons. The maximum Gasteiger partial charge on any atom is 0.238 e. The lowest BCUT2D eigenvalue weighted by Gasteiger charge is -2.31. The molecule has 2 aliphatic rings. The monoisotopic (exact) mass is 417 g/mol. The van der Waals surface area contributed by atoms with Gasteiger partial charge in [-0.2, -0.15) is 0 Å². The van der Waals surface area contributed by atoms with Crippen LogP contribution in [0.1, 0.15) is 23.6 Å². The van der Waals surface area contributed by atoms with Gasteiger partial charge in [-0.25, -0.2) is 8.78 Å². The van der Waals surface area contributed by atoms with E-state index in [1.807, 2.05) is 30.3 Å². The van der Waals surface area contributed by atoms with Gasteiger partial charge < -0.3 is 4.90 Å². The standard InChI is InChI=1S/C26H21F2NO2/c1-17(30)25-23(16-29(24(25)31)15-18-5-3-2-4-6-18)26(25,19-7-11-21(27)12-8-19)20-9-13-22(28)14-10-20/h2-14,23H,15-16H2,1H3. The molecule has 1 aliphatic carbocycles. The number of hydrogen-bond acceptors (Lipinski definition) is 2. The second-order valence-electron chi connectivity index (χ2n) is 8.41. The third-order valence-corrected chi connectivity index (χ3v) is 6.98. The predicted molar refractivity (Wildman–Crippen MR) is 112 cm³/mol. The fourth-order valence-electron chi connectivity index (χ4n) is 5.76. The minimum Gasteiger partial charge on any atom is -0.337 e. The van der Waals surface area contributed by atoms with E-state index in [2.05, 4.69) is 0 Å². The number of amides is 1. The van der Waals surface area contributed by atoms with Crippen molar-refractivity contribution in [3.63, 3.8) is 0 Å². The van der Waals surface area contributed by atoms with Crippen LogP contribution in [0.2, 0.25) is 0 Å². The SMILES string of the molecule is CC(=O)C12C(=O)N(Cc3ccccc3)CC1C2(c1ccc(F)cc1)c1ccc(F)cc1. The van der Waals surface area contributed by atoms with Crippen molar-refractivity contribution in [2.45, 2.75) is 18.9 Å². The van der Waals surface area contributed by atoms with Crippen LogP contribution in [0.15, 0.2) is 78.9 Å². The number of rotatable bonds is 5. The molecule has 0 spiro atoms. The molecular weight excluding hydrogens is 396 g/mol. The molecule has 1 heterocycles. The van der Waals surface area contributed by atoms with Gasteiger partial charge in [-0.1, -0.05) is 54.6 Å². The Hall–Kier alpha value is -3.34. The highest BCUT2D eigenvalue weighted by molar-refractivity contribution is 6.14. The number of piperidine rings is 1. The highest BCUT2D eigenvalue weighted by Crippen LogP contribution is 2.76. The van der Waals surface area contributed by atoms with Crippen LogP contribution in [-0.2, 0) is 21.5 Å². The van der Waals surface area contributed by atoms with Crippen LogP contribution < -0.4 is 0 Å². The average molecular weight is 417 g/mol. The molecule has 0 radical (unpaired) electrons. The number of ketones is 1. The molecule has 5 rings (SSSR count). The normalized spacial score (nSPS) is 23.5. The largest absolute Gasteiger partial charge is 0.337 e. The van der Waals surface area contributed by atoms with Crippen molar-refractivity contribution < 1.29 is 18.4 Å². The summed E-state index contributed by atoms with van der Waals surface area (Å²) in [6, 6.07) is 21.6. The van der Waals surface area contributed by atoms with Crippen molar-refractivity contribution >= 4 is 11.7 Å². The summed E-state index contributed by atoms with van der Waals surface area (Å²) in [6.45, 7) is 2.28. The molecule has 1 saturated heterocycles. The Kier molecular flexibility index (Phi) is 4.33. The summed E-state index contributed by atoms with van der Waals surface area (Å²) in [5, 5.41) is 0. The highest BCUT2D eigenvalue weighted by Gasteiger charge is 2.87. The zero-order valence-corrected chi connectivity index (χ0v) is 17.0. The van der Waals surface area contributed by atoms with Crippen LogP contribution in [0.3, 0.4) is 0 Å². The van der Waals surface area contributed by atoms with E-state index in [9.17, 15) is 18.4 Å². The first-order valence-electron chi connectivity index (χ1n) is 10.3. The van der Waals surface area contributed by atoms with E-state index in [1.54, 1.807) is 29.2 Å². The first-order valence-corrected chi connectivity index (χ1v) is 10.3. The number of Topliss-reactive ketones (excluding diaryl/α,β-unsaturated/α-hetero) is 1. The summed E-state index contributed by atoms with van der Waals surface area (Å²) in [4.78, 5) is 28.6. The van der Waals surface area contributed by atoms with E-state index in [4.69, 9.17) is 0 Å². The maximum absolute atomic E-state index is 13.8. The Morgan fingerprint density at radius 2 is 1.42 bits per heavy atom. The second kappa shape index (κ2) is 6.84. The Morgan fingerprint density at radius 1 is 0.903 bits per heavy atom. The van der Waals surface area contributed by atoms with E-state index in [-0.39, 0.29) is 17.6 Å². The number of halogens is 2. The molecule has 0 aromatic heterocycles. The number of hydrogen-bond donors (Lipinski definition) is 0. The van der Waals surface area contributed by atoms with E-state index in [0.29, 0.717) is 24.2 Å². The molecule has 1 amide bonds. The first-order chi connectivity index (χ1) is 14.9. The lowest BCUT2D eigenvalue weighted by Crippen LogP contribution is -2.42. The minimum absolute atomic E-state index is 0.216. The molecule has 1 aliphatic heterocycles. The van der Waals surface area contributed by atoms with Gasteiger partial charge in [0, 0.05) is 24.4 Å². The quantitative estimate of drug-likeness (QED) is 0.574. The molecule has 2 unspecified atom stereocenters. The van der Waals surface area contributed by atoms with Crippen LogP contribution in [0.5, 0.6) is 0 Å². The molecule has 2 fully saturated rings. The van der Waals surface area contributed by atoms with E-state index in [0.717, 1.165) is 5.56 Å². The van der Waals surface area contributed by atoms with Gasteiger partial charge in [0.2, 0.25) is 5.91 Å². The molecule has 1 saturated carbocycles. The maximum atomic E-state index is 13.8. The van der Waals surface area contributed by atoms with Crippen molar-refractivity contribution in [1.82, 2.24) is 4.90 Å². The van der Waals surface area contributed by atoms with Crippen LogP contribution >= 0.6 is 0 Å². The fraction of sp³-hybridized carbons (Fsp3) is 0.231. The average Bonchev–Trinajstić information content (AvgIpc) is 3.27. The Labute approximate surface area is 179 Å². The zero-order valence-electron chi connectivity index (χ0n) is 17.0. The molecule has 31 heavy (non-hydrogen) atoms. The smallest absolute Gasteiger partial charge is 0.238 e. The predicted octanol–water partition coefficient (Wildman–Crippen LogP) is 4.50. The molecule has 0 bridgehead atoms. The Morgan fingerprint density at radius 3 is 1.87 bits per heavy atom. The van der Waals surface area contributed by atoms with Gasteiger partial charge in [-0.05, 0) is 47.9 Å². The van der Waals surface area contributed by atoms with Gasteiger partial charge in [0.25, 0.3) is 0 Å². The molecule has 3 aromatic rings. The molecular formula is C26H21F2NO2. The van der Waals surface area contributed by atoms with Gasteiger partial charge in [0.05, 0.1) is 0 Å². The first kappa shape index (κ1) is 19.6. The molecule has 0 N–H and O–H groups in total. The third kappa shape index (κ3) is 2.55. The lowest BCUT2D eigenvalue weighted by molar-refractivity contribution is -0.140. The van der Waals surface area contributed by atoms with E-state index < -0.39 is 22.5 Å². The van der Waals surface area contributed by atoms with Crippen LogP contribution in [-0.4, -0.2) is 23.1 Å². The summed E-state index contributed by atoms with van der Waals surface area (Å²) < 4.78 is 27.4. The van der Waals surface area contributed by atoms with Crippen LogP contribution in [0.25, 0.3) is 0 Å². The van der Waals surface area contributed by atoms with Crippen molar-refractivity contribution in [2.75, 3.05) is 6.54 Å². The van der Waals surface area contributed by atoms with E-state index >= 15 is 0 Å². The van der Waals surface area contributed by atoms with Crippen LogP contribution in [0, 0.1) is 23.0 Å². The molecule has 5 heteroatoms. The Bertz CT molecular complexity index is 1110. The van der Waals surface area contributed by atoms with Crippen molar-refractivity contribution in [3.8, 4) is 0 Å². The summed E-state index contributed by atoms with van der Waals surface area (Å²) in [5.41, 5.74) is 0.203. The van der Waals surface area contributed by atoms with E-state index in [1.165, 1.54) is 31.2 Å². The number of carbonyl (C=O) groups is 2. The van der Waals surface area contributed by atoms with Gasteiger partial charge in [0.1, 0.15) is 22.8 Å². The van der Waals surface area contributed by atoms with Crippen molar-refractivity contribution in [1.29, 1.82) is 0 Å². The molecule has 3 nitrogen and oxygen atoms in total. The van der Waals surface area contributed by atoms with Crippen molar-refractivity contribution in [3.05, 3.63) is 107 Å². The summed E-state index contributed by atoms with van der Waals surface area (Å²) in [6.07, 6.45) is 0. The number of benzene rings is 3. The van der Waals surface area contributed by atoms with Gasteiger partial charge >= 0.3 is 0 Å². The minimum atomic E-state index is -1.27. The third-order valence-electron chi connectivity index (χ3n) is 6.98. The number of likely N-dealkylation sites (tertiary alicyclic amines) is 1. The Balaban J connectivity index is 1.63. The van der Waals surface area contributed by atoms with Gasteiger partial charge in [0.15, 0.2) is 0 Å². The summed E-state index contributed by atoms with van der Waals surface area (Å²) in [5.74, 6) is -1.52. The topological polar surface area (TPSA) is 37.4 Å². The van der Waals surface area contributed by atoms with Crippen molar-refractivity contribution in [2.24, 2.45) is 11.3 Å². The highest BCUT2D eigenvalue weighted by atomic mass is 19.1. The zero-order chi connectivity index (χ0) is 21.8. The number of nitrogens with zero attached hydrogens (tertiary/aromatic N) is 1. The van der Waals surface area contributed by atoms with Gasteiger partial charge in [-0.3, -0.25) is 9.59 Å². The van der Waals surface area contributed by atoms with Crippen LogP contribution in [0.4, 0.5) is 8.78 Å². The fourth-order valence-corrected chi connectivity index (χ4v) is 5.76. The number of fused-ring (bicyclic) bond motifs is 1. The molecule has 3 aromatic carbocycles. The summed E-state index contributed by atoms with van der Waals surface area (Å²) >= 11 is 0. The second-order valence-corrected chi connectivity index (χ2v) is 8.41. The number of carbonyl (C=O) groups excluding carboxylic acids is 2. The lowest BCUT2D eigenvalue weighted by atomic mass is 9.77. The van der Waals surface area contributed by atoms with Gasteiger partial charge in [-0.15, -0.1) is 0 Å². The molecule has 2 atom stereocenters.